The summed E-state index contributed by atoms with van der Waals surface area (Å²) in [4.78, 5) is 39.6. The molecule has 1 fully saturated rings. The molecule has 3 aromatic carbocycles. The lowest BCUT2D eigenvalue weighted by molar-refractivity contribution is -0.122. The van der Waals surface area contributed by atoms with Crippen molar-refractivity contribution in [3.8, 4) is 0 Å². The maximum absolute atomic E-state index is 13.1. The molecule has 0 aliphatic carbocycles. The van der Waals surface area contributed by atoms with Gasteiger partial charge in [-0.25, -0.2) is 4.39 Å². The molecule has 0 saturated carbocycles. The van der Waals surface area contributed by atoms with Crippen LogP contribution < -0.4 is 15.5 Å². The van der Waals surface area contributed by atoms with Gasteiger partial charge in [0.15, 0.2) is 0 Å². The Morgan fingerprint density at radius 2 is 1.70 bits per heavy atom. The van der Waals surface area contributed by atoms with Gasteiger partial charge in [0.05, 0.1) is 17.2 Å². The Kier molecular flexibility index (Phi) is 6.70. The maximum Gasteiger partial charge on any atom is 0.253 e. The van der Waals surface area contributed by atoms with Crippen LogP contribution in [0.5, 0.6) is 0 Å². The number of hydrogen-bond donors (Lipinski definition) is 2. The number of nitrogens with zero attached hydrogens (tertiary/aromatic N) is 1. The average Bonchev–Trinajstić information content (AvgIpc) is 3.21. The van der Waals surface area contributed by atoms with Gasteiger partial charge in [0.25, 0.3) is 5.91 Å². The van der Waals surface area contributed by atoms with E-state index in [1.165, 1.54) is 12.1 Å². The second kappa shape index (κ2) is 9.83. The molecule has 1 saturated heterocycles. The zero-order chi connectivity index (χ0) is 23.4. The summed E-state index contributed by atoms with van der Waals surface area (Å²) in [6.45, 7) is 0.458. The van der Waals surface area contributed by atoms with Crippen molar-refractivity contribution in [3.05, 3.63) is 94.8 Å². The van der Waals surface area contributed by atoms with Crippen LogP contribution in [0.15, 0.2) is 72.8 Å². The topological polar surface area (TPSA) is 78.5 Å². The predicted octanol–water partition coefficient (Wildman–Crippen LogP) is 4.40. The van der Waals surface area contributed by atoms with E-state index >= 15 is 0 Å². The first-order valence-electron chi connectivity index (χ1n) is 10.4. The molecule has 0 aromatic heterocycles. The van der Waals surface area contributed by atoms with Crippen molar-refractivity contribution in [1.82, 2.24) is 5.32 Å². The first-order chi connectivity index (χ1) is 15.9. The van der Waals surface area contributed by atoms with Gasteiger partial charge in [-0.2, -0.15) is 0 Å². The summed E-state index contributed by atoms with van der Waals surface area (Å²) in [5, 5.41) is 6.13. The molecule has 8 heteroatoms. The molecule has 0 bridgehead atoms. The average molecular weight is 466 g/mol. The first kappa shape index (κ1) is 22.5. The number of amides is 3. The second-order valence-electron chi connectivity index (χ2n) is 7.73. The molecule has 168 valence electrons. The molecule has 3 amide bonds. The zero-order valence-electron chi connectivity index (χ0n) is 17.6. The minimum atomic E-state index is -0.552. The highest BCUT2D eigenvalue weighted by Gasteiger charge is 2.35. The number of hydrogen-bond acceptors (Lipinski definition) is 3. The quantitative estimate of drug-likeness (QED) is 0.566. The van der Waals surface area contributed by atoms with E-state index < -0.39 is 5.92 Å². The van der Waals surface area contributed by atoms with Crippen LogP contribution in [0.4, 0.5) is 15.8 Å². The van der Waals surface area contributed by atoms with Gasteiger partial charge in [0, 0.05) is 30.2 Å². The molecule has 1 aliphatic rings. The van der Waals surface area contributed by atoms with Crippen LogP contribution >= 0.6 is 11.6 Å². The van der Waals surface area contributed by atoms with E-state index in [0.29, 0.717) is 22.0 Å². The van der Waals surface area contributed by atoms with Crippen molar-refractivity contribution in [2.24, 2.45) is 5.92 Å². The molecule has 4 rings (SSSR count). The Morgan fingerprint density at radius 3 is 2.42 bits per heavy atom. The van der Waals surface area contributed by atoms with Gasteiger partial charge in [0.2, 0.25) is 11.8 Å². The summed E-state index contributed by atoms with van der Waals surface area (Å²) in [6.07, 6.45) is 0.0768. The zero-order valence-corrected chi connectivity index (χ0v) is 18.3. The van der Waals surface area contributed by atoms with E-state index in [1.807, 2.05) is 0 Å². The molecule has 1 atom stereocenters. The highest BCUT2D eigenvalue weighted by molar-refractivity contribution is 6.30. The highest BCUT2D eigenvalue weighted by atomic mass is 35.5. The van der Waals surface area contributed by atoms with Crippen molar-refractivity contribution in [2.75, 3.05) is 16.8 Å². The first-order valence-corrected chi connectivity index (χ1v) is 10.8. The fourth-order valence-electron chi connectivity index (χ4n) is 3.66. The van der Waals surface area contributed by atoms with E-state index in [0.717, 1.165) is 5.56 Å². The SMILES string of the molecule is O=C(NCc1ccc(F)cc1)c1ccccc1NC(=O)[C@H]1CC(=O)N(c2ccc(Cl)cc2)C1. The highest BCUT2D eigenvalue weighted by Crippen LogP contribution is 2.27. The van der Waals surface area contributed by atoms with E-state index in [-0.39, 0.29) is 43.0 Å². The lowest BCUT2D eigenvalue weighted by Gasteiger charge is -2.17. The molecule has 1 heterocycles. The summed E-state index contributed by atoms with van der Waals surface area (Å²) >= 11 is 5.91. The lowest BCUT2D eigenvalue weighted by atomic mass is 10.1. The monoisotopic (exact) mass is 465 g/mol. The molecule has 1 aliphatic heterocycles. The van der Waals surface area contributed by atoms with Crippen LogP contribution in [0.25, 0.3) is 0 Å². The fraction of sp³-hybridized carbons (Fsp3) is 0.160. The lowest BCUT2D eigenvalue weighted by Crippen LogP contribution is -2.29. The summed E-state index contributed by atoms with van der Waals surface area (Å²) < 4.78 is 13.1. The smallest absolute Gasteiger partial charge is 0.253 e. The van der Waals surface area contributed by atoms with Crippen LogP contribution in [0.3, 0.4) is 0 Å². The van der Waals surface area contributed by atoms with Crippen molar-refractivity contribution < 1.29 is 18.8 Å². The van der Waals surface area contributed by atoms with Gasteiger partial charge in [-0.1, -0.05) is 35.9 Å². The third kappa shape index (κ3) is 5.38. The molecular formula is C25H21ClFN3O3. The normalized spacial score (nSPS) is 15.4. The van der Waals surface area contributed by atoms with Crippen LogP contribution in [0, 0.1) is 11.7 Å². The van der Waals surface area contributed by atoms with Crippen LogP contribution in [0.1, 0.15) is 22.3 Å². The van der Waals surface area contributed by atoms with E-state index in [9.17, 15) is 18.8 Å². The summed E-state index contributed by atoms with van der Waals surface area (Å²) in [5.41, 5.74) is 2.08. The molecule has 6 nitrogen and oxygen atoms in total. The number of benzene rings is 3. The Labute approximate surface area is 195 Å². The molecular weight excluding hydrogens is 445 g/mol. The number of rotatable bonds is 6. The third-order valence-electron chi connectivity index (χ3n) is 5.43. The number of para-hydroxylation sites is 1. The number of carbonyl (C=O) groups excluding carboxylic acids is 3. The van der Waals surface area contributed by atoms with Crippen molar-refractivity contribution in [2.45, 2.75) is 13.0 Å². The molecule has 3 aromatic rings. The van der Waals surface area contributed by atoms with Gasteiger partial charge in [-0.05, 0) is 54.1 Å². The van der Waals surface area contributed by atoms with Gasteiger partial charge in [-0.15, -0.1) is 0 Å². The number of halogens is 2. The Balaban J connectivity index is 1.41. The van der Waals surface area contributed by atoms with E-state index in [1.54, 1.807) is 65.6 Å². The largest absolute Gasteiger partial charge is 0.348 e. The Hall–Kier alpha value is -3.71. The van der Waals surface area contributed by atoms with Crippen molar-refractivity contribution in [1.29, 1.82) is 0 Å². The fourth-order valence-corrected chi connectivity index (χ4v) is 3.78. The molecule has 0 radical (unpaired) electrons. The van der Waals surface area contributed by atoms with Crippen LogP contribution in [-0.4, -0.2) is 24.3 Å². The van der Waals surface area contributed by atoms with Gasteiger partial charge < -0.3 is 15.5 Å². The minimum absolute atomic E-state index is 0.0768. The van der Waals surface area contributed by atoms with Crippen LogP contribution in [-0.2, 0) is 16.1 Å². The Morgan fingerprint density at radius 1 is 1.00 bits per heavy atom. The predicted molar refractivity (Wildman–Crippen MR) is 125 cm³/mol. The summed E-state index contributed by atoms with van der Waals surface area (Å²) in [6, 6.07) is 19.3. The van der Waals surface area contributed by atoms with Crippen LogP contribution in [0.2, 0.25) is 5.02 Å². The Bertz CT molecular complexity index is 1180. The van der Waals surface area contributed by atoms with E-state index in [4.69, 9.17) is 11.6 Å². The van der Waals surface area contributed by atoms with Gasteiger partial charge >= 0.3 is 0 Å². The summed E-state index contributed by atoms with van der Waals surface area (Å²) in [7, 11) is 0. The standard InChI is InChI=1S/C25H21ClFN3O3/c26-18-7-11-20(12-8-18)30-15-17(13-23(30)31)24(32)29-22-4-2-1-3-21(22)25(33)28-14-16-5-9-19(27)10-6-16/h1-12,17H,13-15H2,(H,28,33)(H,29,32)/t17-/m0/s1. The van der Waals surface area contributed by atoms with Crippen molar-refractivity contribution >= 4 is 40.7 Å². The van der Waals surface area contributed by atoms with Crippen molar-refractivity contribution in [3.63, 3.8) is 0 Å². The number of anilines is 2. The van der Waals surface area contributed by atoms with Gasteiger partial charge in [-0.3, -0.25) is 14.4 Å². The molecule has 2 N–H and O–H groups in total. The third-order valence-corrected chi connectivity index (χ3v) is 5.68. The summed E-state index contributed by atoms with van der Waals surface area (Å²) in [5.74, 6) is -1.76. The molecule has 33 heavy (non-hydrogen) atoms. The maximum atomic E-state index is 13.1. The van der Waals surface area contributed by atoms with Gasteiger partial charge in [0.1, 0.15) is 5.82 Å². The molecule has 0 spiro atoms. The second-order valence-corrected chi connectivity index (χ2v) is 8.16. The van der Waals surface area contributed by atoms with E-state index in [2.05, 4.69) is 10.6 Å². The number of nitrogens with one attached hydrogen (secondary N) is 2. The number of carbonyl (C=O) groups is 3. The minimum Gasteiger partial charge on any atom is -0.348 e. The molecule has 0 unspecified atom stereocenters.